The van der Waals surface area contributed by atoms with E-state index in [-0.39, 0.29) is 5.91 Å². The SMILES string of the molecule is CSCCCCCCNCC(=O)Nc1cccc(C)c1. The summed E-state index contributed by atoms with van der Waals surface area (Å²) in [7, 11) is 0. The molecular formula is C16H26N2OS. The molecule has 0 heterocycles. The van der Waals surface area contributed by atoms with Gasteiger partial charge in [-0.25, -0.2) is 0 Å². The van der Waals surface area contributed by atoms with E-state index in [1.54, 1.807) is 0 Å². The highest BCUT2D eigenvalue weighted by atomic mass is 32.2. The number of anilines is 1. The number of benzene rings is 1. The molecule has 0 radical (unpaired) electrons. The van der Waals surface area contributed by atoms with Crippen LogP contribution in [-0.4, -0.2) is 31.0 Å². The molecule has 1 rings (SSSR count). The Kier molecular flexibility index (Phi) is 9.16. The zero-order chi connectivity index (χ0) is 14.6. The second-order valence-corrected chi connectivity index (χ2v) is 5.99. The van der Waals surface area contributed by atoms with E-state index in [0.717, 1.165) is 24.2 Å². The fourth-order valence-corrected chi connectivity index (χ4v) is 2.47. The minimum Gasteiger partial charge on any atom is -0.325 e. The van der Waals surface area contributed by atoms with Crippen molar-refractivity contribution in [1.29, 1.82) is 0 Å². The van der Waals surface area contributed by atoms with Gasteiger partial charge in [-0.15, -0.1) is 0 Å². The average molecular weight is 294 g/mol. The average Bonchev–Trinajstić information content (AvgIpc) is 2.42. The molecule has 0 aliphatic rings. The number of hydrogen-bond acceptors (Lipinski definition) is 3. The van der Waals surface area contributed by atoms with Crippen LogP contribution in [0.15, 0.2) is 24.3 Å². The van der Waals surface area contributed by atoms with Gasteiger partial charge in [0.1, 0.15) is 0 Å². The lowest BCUT2D eigenvalue weighted by Gasteiger charge is -2.07. The van der Waals surface area contributed by atoms with Crippen molar-refractivity contribution in [3.8, 4) is 0 Å². The summed E-state index contributed by atoms with van der Waals surface area (Å²) in [5.74, 6) is 1.28. The van der Waals surface area contributed by atoms with Crippen LogP contribution in [0.1, 0.15) is 31.2 Å². The standard InChI is InChI=1S/C16H26N2OS/c1-14-8-7-9-15(12-14)18-16(19)13-17-10-5-3-4-6-11-20-2/h7-9,12,17H,3-6,10-11,13H2,1-2H3,(H,18,19). The molecule has 0 aliphatic heterocycles. The van der Waals surface area contributed by atoms with E-state index < -0.39 is 0 Å². The normalized spacial score (nSPS) is 10.5. The molecule has 0 atom stereocenters. The number of nitrogens with one attached hydrogen (secondary N) is 2. The first-order valence-corrected chi connectivity index (χ1v) is 8.68. The Morgan fingerprint density at radius 1 is 1.20 bits per heavy atom. The van der Waals surface area contributed by atoms with E-state index in [9.17, 15) is 4.79 Å². The van der Waals surface area contributed by atoms with Gasteiger partial charge < -0.3 is 10.6 Å². The first kappa shape index (κ1) is 17.1. The van der Waals surface area contributed by atoms with Gasteiger partial charge >= 0.3 is 0 Å². The molecule has 1 aromatic carbocycles. The highest BCUT2D eigenvalue weighted by Crippen LogP contribution is 2.09. The van der Waals surface area contributed by atoms with Gasteiger partial charge in [-0.05, 0) is 56.0 Å². The Hall–Kier alpha value is -1.00. The van der Waals surface area contributed by atoms with Gasteiger partial charge in [0, 0.05) is 5.69 Å². The Morgan fingerprint density at radius 3 is 2.75 bits per heavy atom. The summed E-state index contributed by atoms with van der Waals surface area (Å²) in [6, 6.07) is 7.86. The molecule has 0 bridgehead atoms. The lowest BCUT2D eigenvalue weighted by Crippen LogP contribution is -2.28. The van der Waals surface area contributed by atoms with Crippen LogP contribution in [0.25, 0.3) is 0 Å². The van der Waals surface area contributed by atoms with E-state index in [0.29, 0.717) is 6.54 Å². The number of carbonyl (C=O) groups is 1. The topological polar surface area (TPSA) is 41.1 Å². The van der Waals surface area contributed by atoms with Crippen molar-refractivity contribution in [2.45, 2.75) is 32.6 Å². The molecule has 3 nitrogen and oxygen atoms in total. The Bertz CT molecular complexity index is 396. The van der Waals surface area contributed by atoms with Gasteiger partial charge in [0.25, 0.3) is 0 Å². The van der Waals surface area contributed by atoms with Gasteiger partial charge in [-0.2, -0.15) is 11.8 Å². The van der Waals surface area contributed by atoms with E-state index in [1.165, 1.54) is 25.0 Å². The van der Waals surface area contributed by atoms with E-state index >= 15 is 0 Å². The van der Waals surface area contributed by atoms with Crippen molar-refractivity contribution in [1.82, 2.24) is 5.32 Å². The van der Waals surface area contributed by atoms with E-state index in [4.69, 9.17) is 0 Å². The van der Waals surface area contributed by atoms with Gasteiger partial charge in [0.05, 0.1) is 6.54 Å². The highest BCUT2D eigenvalue weighted by Gasteiger charge is 2.01. The zero-order valence-corrected chi connectivity index (χ0v) is 13.4. The van der Waals surface area contributed by atoms with Crippen LogP contribution in [0.2, 0.25) is 0 Å². The van der Waals surface area contributed by atoms with Crippen LogP contribution >= 0.6 is 11.8 Å². The maximum Gasteiger partial charge on any atom is 0.238 e. The minimum absolute atomic E-state index is 0.0259. The summed E-state index contributed by atoms with van der Waals surface area (Å²) in [4.78, 5) is 11.7. The van der Waals surface area contributed by atoms with Gasteiger partial charge in [-0.1, -0.05) is 25.0 Å². The largest absolute Gasteiger partial charge is 0.325 e. The molecule has 0 spiro atoms. The molecule has 0 saturated carbocycles. The van der Waals surface area contributed by atoms with Crippen molar-refractivity contribution >= 4 is 23.4 Å². The molecule has 0 aliphatic carbocycles. The number of rotatable bonds is 10. The summed E-state index contributed by atoms with van der Waals surface area (Å²) in [6.45, 7) is 3.32. The molecule has 0 unspecified atom stereocenters. The van der Waals surface area contributed by atoms with Crippen LogP contribution in [-0.2, 0) is 4.79 Å². The molecule has 20 heavy (non-hydrogen) atoms. The van der Waals surface area contributed by atoms with Crippen LogP contribution in [0.3, 0.4) is 0 Å². The molecule has 1 amide bonds. The Balaban J connectivity index is 2.03. The third-order valence-corrected chi connectivity index (χ3v) is 3.74. The fourth-order valence-electron chi connectivity index (χ4n) is 1.98. The lowest BCUT2D eigenvalue weighted by molar-refractivity contribution is -0.115. The summed E-state index contributed by atoms with van der Waals surface area (Å²) >= 11 is 1.91. The maximum atomic E-state index is 11.7. The monoisotopic (exact) mass is 294 g/mol. The van der Waals surface area contributed by atoms with Gasteiger partial charge in [-0.3, -0.25) is 4.79 Å². The summed E-state index contributed by atoms with van der Waals surface area (Å²) in [5, 5.41) is 6.09. The number of aryl methyl sites for hydroxylation is 1. The molecule has 0 aromatic heterocycles. The number of hydrogen-bond donors (Lipinski definition) is 2. The third-order valence-electron chi connectivity index (χ3n) is 3.04. The second-order valence-electron chi connectivity index (χ2n) is 5.00. The van der Waals surface area contributed by atoms with Crippen LogP contribution in [0, 0.1) is 6.92 Å². The molecule has 4 heteroatoms. The van der Waals surface area contributed by atoms with Crippen molar-refractivity contribution in [2.75, 3.05) is 30.4 Å². The molecular weight excluding hydrogens is 268 g/mol. The van der Waals surface area contributed by atoms with Crippen LogP contribution in [0.4, 0.5) is 5.69 Å². The molecule has 2 N–H and O–H groups in total. The lowest BCUT2D eigenvalue weighted by atomic mass is 10.2. The Labute approximate surface area is 126 Å². The first-order chi connectivity index (χ1) is 9.72. The van der Waals surface area contributed by atoms with E-state index in [1.807, 2.05) is 43.0 Å². The molecule has 0 saturated heterocycles. The third kappa shape index (κ3) is 8.23. The van der Waals surface area contributed by atoms with Crippen molar-refractivity contribution in [2.24, 2.45) is 0 Å². The smallest absolute Gasteiger partial charge is 0.238 e. The summed E-state index contributed by atoms with van der Waals surface area (Å²) in [6.07, 6.45) is 7.13. The second kappa shape index (κ2) is 10.7. The van der Waals surface area contributed by atoms with Crippen molar-refractivity contribution in [3.63, 3.8) is 0 Å². The fraction of sp³-hybridized carbons (Fsp3) is 0.562. The minimum atomic E-state index is 0.0259. The number of unbranched alkanes of at least 4 members (excludes halogenated alkanes) is 3. The number of amides is 1. The highest BCUT2D eigenvalue weighted by molar-refractivity contribution is 7.98. The predicted octanol–water partition coefficient (Wildman–Crippen LogP) is 3.45. The quantitative estimate of drug-likeness (QED) is 0.649. The first-order valence-electron chi connectivity index (χ1n) is 7.28. The summed E-state index contributed by atoms with van der Waals surface area (Å²) < 4.78 is 0. The van der Waals surface area contributed by atoms with Crippen LogP contribution < -0.4 is 10.6 Å². The molecule has 1 aromatic rings. The van der Waals surface area contributed by atoms with Crippen molar-refractivity contribution < 1.29 is 4.79 Å². The maximum absolute atomic E-state index is 11.7. The van der Waals surface area contributed by atoms with Crippen LogP contribution in [0.5, 0.6) is 0 Å². The predicted molar refractivity (Wildman–Crippen MR) is 89.5 cm³/mol. The zero-order valence-electron chi connectivity index (χ0n) is 12.6. The molecule has 112 valence electrons. The van der Waals surface area contributed by atoms with Gasteiger partial charge in [0.15, 0.2) is 0 Å². The van der Waals surface area contributed by atoms with Crippen molar-refractivity contribution in [3.05, 3.63) is 29.8 Å². The number of thioether (sulfide) groups is 1. The summed E-state index contributed by atoms with van der Waals surface area (Å²) in [5.41, 5.74) is 2.02. The number of carbonyl (C=O) groups excluding carboxylic acids is 1. The Morgan fingerprint density at radius 2 is 2.00 bits per heavy atom. The van der Waals surface area contributed by atoms with E-state index in [2.05, 4.69) is 16.9 Å². The van der Waals surface area contributed by atoms with Gasteiger partial charge in [0.2, 0.25) is 5.91 Å². The molecule has 0 fully saturated rings.